The highest BCUT2D eigenvalue weighted by Gasteiger charge is 2.21. The Labute approximate surface area is 83.6 Å². The van der Waals surface area contributed by atoms with Gasteiger partial charge >= 0.3 is 5.97 Å². The second-order valence-electron chi connectivity index (χ2n) is 3.01. The minimum Gasteiger partial charge on any atom is -0.479 e. The predicted octanol–water partition coefficient (Wildman–Crippen LogP) is 0.377. The quantitative estimate of drug-likeness (QED) is 0.443. The Morgan fingerprint density at radius 1 is 1.36 bits per heavy atom. The highest BCUT2D eigenvalue weighted by molar-refractivity contribution is 5.73. The molecule has 2 atom stereocenters. The Morgan fingerprint density at radius 2 is 2.00 bits per heavy atom. The molecule has 0 aliphatic heterocycles. The Hall–Kier alpha value is -1.05. The summed E-state index contributed by atoms with van der Waals surface area (Å²) in [6, 6.07) is 0. The fourth-order valence-electron chi connectivity index (χ4n) is 0.854. The fourth-order valence-corrected chi connectivity index (χ4v) is 0.854. The summed E-state index contributed by atoms with van der Waals surface area (Å²) < 4.78 is 0. The second-order valence-corrected chi connectivity index (χ2v) is 3.01. The zero-order chi connectivity index (χ0) is 11.0. The van der Waals surface area contributed by atoms with Gasteiger partial charge in [0.05, 0.1) is 0 Å². The van der Waals surface area contributed by atoms with Gasteiger partial charge in [0.15, 0.2) is 12.2 Å². The molecule has 4 heteroatoms. The normalized spacial score (nSPS) is 13.9. The van der Waals surface area contributed by atoms with Crippen molar-refractivity contribution >= 4 is 5.97 Å². The number of hydrogen-bond acceptors (Lipinski definition) is 3. The van der Waals surface area contributed by atoms with Crippen molar-refractivity contribution in [3.8, 4) is 11.8 Å². The van der Waals surface area contributed by atoms with Crippen LogP contribution < -0.4 is 0 Å². The summed E-state index contributed by atoms with van der Waals surface area (Å²) in [6.07, 6.45) is 0.396. The standard InChI is InChI=1S/C10H16O4/c1-2-3-4-5-6-7-8(11)9(12)10(13)14/h8-9,11-12H,2-5H2,1H3,(H,13,14)/t8-,9-/m1/s1. The molecule has 0 amide bonds. The van der Waals surface area contributed by atoms with Crippen LogP contribution in [0.2, 0.25) is 0 Å². The van der Waals surface area contributed by atoms with E-state index in [9.17, 15) is 4.79 Å². The first-order chi connectivity index (χ1) is 6.59. The molecule has 0 saturated carbocycles. The van der Waals surface area contributed by atoms with Crippen LogP contribution in [0, 0.1) is 11.8 Å². The van der Waals surface area contributed by atoms with Crippen LogP contribution in [0.15, 0.2) is 0 Å². The maximum atomic E-state index is 10.2. The van der Waals surface area contributed by atoms with Gasteiger partial charge in [-0.15, -0.1) is 5.92 Å². The third-order valence-electron chi connectivity index (χ3n) is 1.71. The van der Waals surface area contributed by atoms with E-state index in [1.807, 2.05) is 0 Å². The van der Waals surface area contributed by atoms with Crippen LogP contribution in [-0.4, -0.2) is 33.5 Å². The average molecular weight is 200 g/mol. The summed E-state index contributed by atoms with van der Waals surface area (Å²) in [5, 5.41) is 26.2. The molecule has 0 aromatic rings. The number of carboxylic acid groups (broad SMARTS) is 1. The monoisotopic (exact) mass is 200 g/mol. The first kappa shape index (κ1) is 12.9. The van der Waals surface area contributed by atoms with Crippen molar-refractivity contribution in [2.75, 3.05) is 0 Å². The molecule has 0 unspecified atom stereocenters. The van der Waals surface area contributed by atoms with Crippen LogP contribution in [0.25, 0.3) is 0 Å². The average Bonchev–Trinajstić information content (AvgIpc) is 2.16. The summed E-state index contributed by atoms with van der Waals surface area (Å²) in [6.45, 7) is 2.07. The van der Waals surface area contributed by atoms with Crippen molar-refractivity contribution in [1.29, 1.82) is 0 Å². The lowest BCUT2D eigenvalue weighted by molar-refractivity contribution is -0.150. The molecule has 0 radical (unpaired) electrons. The number of aliphatic hydroxyl groups excluding tert-OH is 2. The van der Waals surface area contributed by atoms with Crippen molar-refractivity contribution in [2.45, 2.75) is 44.8 Å². The zero-order valence-corrected chi connectivity index (χ0v) is 8.23. The van der Waals surface area contributed by atoms with Crippen molar-refractivity contribution in [2.24, 2.45) is 0 Å². The van der Waals surface area contributed by atoms with Gasteiger partial charge in [-0.1, -0.05) is 25.7 Å². The Balaban J connectivity index is 3.79. The first-order valence-corrected chi connectivity index (χ1v) is 4.67. The minimum absolute atomic E-state index is 0.622. The maximum Gasteiger partial charge on any atom is 0.336 e. The number of rotatable bonds is 5. The molecule has 0 saturated heterocycles. The molecule has 0 aromatic heterocycles. The van der Waals surface area contributed by atoms with E-state index in [1.165, 1.54) is 0 Å². The number of carbonyl (C=O) groups is 1. The van der Waals surface area contributed by atoms with Gasteiger partial charge in [0.2, 0.25) is 0 Å². The van der Waals surface area contributed by atoms with E-state index < -0.39 is 18.2 Å². The third-order valence-corrected chi connectivity index (χ3v) is 1.71. The van der Waals surface area contributed by atoms with Crippen molar-refractivity contribution in [3.05, 3.63) is 0 Å². The van der Waals surface area contributed by atoms with E-state index in [0.717, 1.165) is 19.3 Å². The molecule has 4 nitrogen and oxygen atoms in total. The maximum absolute atomic E-state index is 10.2. The van der Waals surface area contributed by atoms with E-state index >= 15 is 0 Å². The topological polar surface area (TPSA) is 77.8 Å². The smallest absolute Gasteiger partial charge is 0.336 e. The van der Waals surface area contributed by atoms with E-state index in [2.05, 4.69) is 18.8 Å². The van der Waals surface area contributed by atoms with E-state index in [-0.39, 0.29) is 0 Å². The van der Waals surface area contributed by atoms with Crippen LogP contribution in [0.1, 0.15) is 32.6 Å². The Morgan fingerprint density at radius 3 is 2.50 bits per heavy atom. The van der Waals surface area contributed by atoms with Gasteiger partial charge in [-0.25, -0.2) is 4.79 Å². The highest BCUT2D eigenvalue weighted by Crippen LogP contribution is 1.98. The number of carboxylic acids is 1. The molecular formula is C10H16O4. The van der Waals surface area contributed by atoms with Gasteiger partial charge in [0.25, 0.3) is 0 Å². The lowest BCUT2D eigenvalue weighted by Crippen LogP contribution is -2.32. The van der Waals surface area contributed by atoms with Crippen LogP contribution in [0.5, 0.6) is 0 Å². The van der Waals surface area contributed by atoms with E-state index in [4.69, 9.17) is 15.3 Å². The molecule has 0 rings (SSSR count). The van der Waals surface area contributed by atoms with Crippen molar-refractivity contribution in [3.63, 3.8) is 0 Å². The minimum atomic E-state index is -1.81. The summed E-state index contributed by atoms with van der Waals surface area (Å²) in [5.74, 6) is 3.47. The van der Waals surface area contributed by atoms with E-state index in [1.54, 1.807) is 0 Å². The Kier molecular flexibility index (Phi) is 6.81. The van der Waals surface area contributed by atoms with Crippen LogP contribution in [0.4, 0.5) is 0 Å². The lowest BCUT2D eigenvalue weighted by atomic mass is 10.2. The summed E-state index contributed by atoms with van der Waals surface area (Å²) >= 11 is 0. The van der Waals surface area contributed by atoms with Crippen LogP contribution in [-0.2, 0) is 4.79 Å². The zero-order valence-electron chi connectivity index (χ0n) is 8.23. The molecule has 14 heavy (non-hydrogen) atoms. The molecule has 0 heterocycles. The van der Waals surface area contributed by atoms with Gasteiger partial charge < -0.3 is 15.3 Å². The molecule has 0 bridgehead atoms. The molecule has 3 N–H and O–H groups in total. The molecule has 0 spiro atoms. The highest BCUT2D eigenvalue weighted by atomic mass is 16.4. The van der Waals surface area contributed by atoms with Gasteiger partial charge in [-0.05, 0) is 6.42 Å². The largest absolute Gasteiger partial charge is 0.479 e. The van der Waals surface area contributed by atoms with Gasteiger partial charge in [-0.3, -0.25) is 0 Å². The first-order valence-electron chi connectivity index (χ1n) is 4.67. The third kappa shape index (κ3) is 5.57. The number of unbranched alkanes of at least 4 members (excludes halogenated alkanes) is 3. The lowest BCUT2D eigenvalue weighted by Gasteiger charge is -2.06. The van der Waals surface area contributed by atoms with Crippen molar-refractivity contribution in [1.82, 2.24) is 0 Å². The van der Waals surface area contributed by atoms with Gasteiger partial charge in [0.1, 0.15) is 0 Å². The molecule has 0 aliphatic rings. The summed E-state index contributed by atoms with van der Waals surface area (Å²) in [4.78, 5) is 10.2. The number of aliphatic hydroxyl groups is 2. The van der Waals surface area contributed by atoms with Gasteiger partial charge in [0, 0.05) is 6.42 Å². The number of aliphatic carboxylic acids is 1. The van der Waals surface area contributed by atoms with Crippen molar-refractivity contribution < 1.29 is 20.1 Å². The second kappa shape index (κ2) is 7.36. The SMILES string of the molecule is CCCCCC#C[C@@H](O)[C@@H](O)C(=O)O. The fraction of sp³-hybridized carbons (Fsp3) is 0.700. The molecular weight excluding hydrogens is 184 g/mol. The molecule has 0 aliphatic carbocycles. The van der Waals surface area contributed by atoms with Crippen LogP contribution in [0.3, 0.4) is 0 Å². The summed E-state index contributed by atoms with van der Waals surface area (Å²) in [7, 11) is 0. The molecule has 0 aromatic carbocycles. The summed E-state index contributed by atoms with van der Waals surface area (Å²) in [5.41, 5.74) is 0. The van der Waals surface area contributed by atoms with E-state index in [0.29, 0.717) is 6.42 Å². The molecule has 80 valence electrons. The van der Waals surface area contributed by atoms with Crippen LogP contribution >= 0.6 is 0 Å². The van der Waals surface area contributed by atoms with Gasteiger partial charge in [-0.2, -0.15) is 0 Å². The molecule has 0 fully saturated rings. The predicted molar refractivity (Wildman–Crippen MR) is 51.6 cm³/mol. The number of hydrogen-bond donors (Lipinski definition) is 3. The Bertz CT molecular complexity index is 226.